The number of carboxylic acid groups (broad SMARTS) is 1. The molecule has 1 heterocycles. The number of carbonyl (C=O) groups excluding carboxylic acids is 1. The highest BCUT2D eigenvalue weighted by Crippen LogP contribution is 2.39. The molecule has 1 aromatic carbocycles. The number of hydrogen-bond acceptors (Lipinski definition) is 4. The first-order chi connectivity index (χ1) is 11.0. The third kappa shape index (κ3) is 3.61. The van der Waals surface area contributed by atoms with Crippen LogP contribution < -0.4 is 20.1 Å². The summed E-state index contributed by atoms with van der Waals surface area (Å²) in [5, 5.41) is 14.9. The van der Waals surface area contributed by atoms with Crippen molar-refractivity contribution in [1.29, 1.82) is 0 Å². The molecule has 1 aliphatic heterocycles. The Morgan fingerprint density at radius 2 is 1.78 bits per heavy atom. The number of carboxylic acids is 1. The topological polar surface area (TPSA) is 96.9 Å². The lowest BCUT2D eigenvalue weighted by molar-refractivity contribution is -0.142. The molecule has 2 amide bonds. The van der Waals surface area contributed by atoms with Gasteiger partial charge in [-0.05, 0) is 25.7 Å². The van der Waals surface area contributed by atoms with Gasteiger partial charge in [-0.25, -0.2) is 4.79 Å². The number of rotatable bonds is 3. The Morgan fingerprint density at radius 1 is 1.13 bits per heavy atom. The highest BCUT2D eigenvalue weighted by Gasteiger charge is 2.27. The van der Waals surface area contributed by atoms with E-state index in [0.717, 1.165) is 0 Å². The maximum atomic E-state index is 12.1. The fourth-order valence-electron chi connectivity index (χ4n) is 2.84. The highest BCUT2D eigenvalue weighted by molar-refractivity contribution is 6.34. The summed E-state index contributed by atoms with van der Waals surface area (Å²) in [6.45, 7) is 0.133. The average Bonchev–Trinajstić information content (AvgIpc) is 2.95. The molecular formula is C15H17ClN2O5. The first-order valence-corrected chi connectivity index (χ1v) is 7.80. The van der Waals surface area contributed by atoms with Crippen LogP contribution in [0.2, 0.25) is 5.02 Å². The van der Waals surface area contributed by atoms with Crippen molar-refractivity contribution in [3.05, 3.63) is 17.2 Å². The second-order valence-corrected chi connectivity index (χ2v) is 6.08. The fraction of sp³-hybridized carbons (Fsp3) is 0.467. The van der Waals surface area contributed by atoms with E-state index < -0.39 is 5.97 Å². The molecule has 8 heteroatoms. The Morgan fingerprint density at radius 3 is 2.43 bits per heavy atom. The lowest BCUT2D eigenvalue weighted by Crippen LogP contribution is -2.41. The normalized spacial score (nSPS) is 22.5. The van der Waals surface area contributed by atoms with Crippen molar-refractivity contribution in [3.8, 4) is 11.5 Å². The summed E-state index contributed by atoms with van der Waals surface area (Å²) in [4.78, 5) is 23.0. The van der Waals surface area contributed by atoms with Gasteiger partial charge in [0.25, 0.3) is 0 Å². The van der Waals surface area contributed by atoms with Crippen LogP contribution in [-0.2, 0) is 4.79 Å². The van der Waals surface area contributed by atoms with Crippen LogP contribution in [0.4, 0.5) is 10.5 Å². The van der Waals surface area contributed by atoms with Crippen LogP contribution in [0, 0.1) is 5.92 Å². The van der Waals surface area contributed by atoms with Gasteiger partial charge in [-0.15, -0.1) is 0 Å². The summed E-state index contributed by atoms with van der Waals surface area (Å²) in [6.07, 6.45) is 2.45. The largest absolute Gasteiger partial charge is 0.481 e. The Bertz CT molecular complexity index is 629. The van der Waals surface area contributed by atoms with E-state index in [9.17, 15) is 9.59 Å². The lowest BCUT2D eigenvalue weighted by atomic mass is 9.86. The monoisotopic (exact) mass is 340 g/mol. The molecular weight excluding hydrogens is 324 g/mol. The summed E-state index contributed by atoms with van der Waals surface area (Å²) >= 11 is 6.11. The van der Waals surface area contributed by atoms with Crippen molar-refractivity contribution >= 4 is 29.3 Å². The van der Waals surface area contributed by atoms with Crippen molar-refractivity contribution in [2.75, 3.05) is 12.1 Å². The van der Waals surface area contributed by atoms with Gasteiger partial charge in [-0.2, -0.15) is 0 Å². The number of anilines is 1. The standard InChI is InChI=1S/C15H17ClN2O5/c16-10-5-12-13(23-7-22-12)6-11(10)18-15(21)17-9-3-1-8(2-4-9)14(19)20/h5-6,8-9H,1-4,7H2,(H,19,20)(H2,17,18,21). The van der Waals surface area contributed by atoms with E-state index in [2.05, 4.69) is 10.6 Å². The van der Waals surface area contributed by atoms with Gasteiger partial charge in [-0.1, -0.05) is 11.6 Å². The minimum Gasteiger partial charge on any atom is -0.481 e. The number of amides is 2. The molecule has 124 valence electrons. The van der Waals surface area contributed by atoms with Gasteiger partial charge in [-0.3, -0.25) is 4.79 Å². The van der Waals surface area contributed by atoms with Crippen LogP contribution in [0.5, 0.6) is 11.5 Å². The first kappa shape index (κ1) is 15.7. The molecule has 1 aromatic rings. The number of hydrogen-bond donors (Lipinski definition) is 3. The van der Waals surface area contributed by atoms with Gasteiger partial charge >= 0.3 is 12.0 Å². The lowest BCUT2D eigenvalue weighted by Gasteiger charge is -2.26. The third-order valence-corrected chi connectivity index (χ3v) is 4.43. The molecule has 0 bridgehead atoms. The number of halogens is 1. The summed E-state index contributed by atoms with van der Waals surface area (Å²) in [7, 11) is 0. The van der Waals surface area contributed by atoms with Crippen LogP contribution in [-0.4, -0.2) is 29.9 Å². The molecule has 1 aliphatic carbocycles. The molecule has 0 unspecified atom stereocenters. The number of ether oxygens (including phenoxy) is 2. The molecule has 0 spiro atoms. The van der Waals surface area contributed by atoms with Crippen molar-refractivity contribution in [3.63, 3.8) is 0 Å². The number of fused-ring (bicyclic) bond motifs is 1. The molecule has 7 nitrogen and oxygen atoms in total. The van der Waals surface area contributed by atoms with Gasteiger partial charge in [0.2, 0.25) is 6.79 Å². The molecule has 3 N–H and O–H groups in total. The van der Waals surface area contributed by atoms with Gasteiger partial charge < -0.3 is 25.2 Å². The molecule has 0 saturated heterocycles. The molecule has 23 heavy (non-hydrogen) atoms. The number of benzene rings is 1. The molecule has 1 saturated carbocycles. The van der Waals surface area contributed by atoms with Crippen LogP contribution >= 0.6 is 11.6 Å². The average molecular weight is 341 g/mol. The Kier molecular flexibility index (Phi) is 4.47. The van der Waals surface area contributed by atoms with Crippen LogP contribution in [0.25, 0.3) is 0 Å². The minimum atomic E-state index is -0.764. The van der Waals surface area contributed by atoms with Crippen LogP contribution in [0.3, 0.4) is 0 Å². The third-order valence-electron chi connectivity index (χ3n) is 4.12. The number of nitrogens with one attached hydrogen (secondary N) is 2. The zero-order valence-electron chi connectivity index (χ0n) is 12.3. The first-order valence-electron chi connectivity index (χ1n) is 7.42. The smallest absolute Gasteiger partial charge is 0.319 e. The van der Waals surface area contributed by atoms with Crippen molar-refractivity contribution in [1.82, 2.24) is 5.32 Å². The maximum Gasteiger partial charge on any atom is 0.319 e. The number of carbonyl (C=O) groups is 2. The highest BCUT2D eigenvalue weighted by atomic mass is 35.5. The van der Waals surface area contributed by atoms with E-state index >= 15 is 0 Å². The Hall–Kier alpha value is -2.15. The summed E-state index contributed by atoms with van der Waals surface area (Å²) in [6, 6.07) is 2.81. The van der Waals surface area contributed by atoms with E-state index in [0.29, 0.717) is 47.9 Å². The quantitative estimate of drug-likeness (QED) is 0.786. The predicted molar refractivity (Wildman–Crippen MR) is 83.1 cm³/mol. The van der Waals surface area contributed by atoms with E-state index in [4.69, 9.17) is 26.2 Å². The minimum absolute atomic E-state index is 0.0293. The molecule has 0 radical (unpaired) electrons. The SMILES string of the molecule is O=C(Nc1cc2c(cc1Cl)OCO2)NC1CCC(C(=O)O)CC1. The second kappa shape index (κ2) is 6.54. The molecule has 0 atom stereocenters. The fourth-order valence-corrected chi connectivity index (χ4v) is 3.04. The van der Waals surface area contributed by atoms with Gasteiger partial charge in [0.05, 0.1) is 16.6 Å². The van der Waals surface area contributed by atoms with Crippen LogP contribution in [0.15, 0.2) is 12.1 Å². The summed E-state index contributed by atoms with van der Waals surface area (Å²) < 4.78 is 10.5. The van der Waals surface area contributed by atoms with E-state index in [1.54, 1.807) is 12.1 Å². The van der Waals surface area contributed by atoms with Crippen molar-refractivity contribution in [2.45, 2.75) is 31.7 Å². The zero-order valence-corrected chi connectivity index (χ0v) is 13.1. The molecule has 2 aliphatic rings. The Labute approximate surface area is 137 Å². The number of aliphatic carboxylic acids is 1. The van der Waals surface area contributed by atoms with Crippen molar-refractivity contribution < 1.29 is 24.2 Å². The van der Waals surface area contributed by atoms with E-state index in [1.807, 2.05) is 0 Å². The second-order valence-electron chi connectivity index (χ2n) is 5.67. The number of urea groups is 1. The van der Waals surface area contributed by atoms with E-state index in [1.165, 1.54) is 0 Å². The zero-order chi connectivity index (χ0) is 16.4. The van der Waals surface area contributed by atoms with Gasteiger partial charge in [0.15, 0.2) is 11.5 Å². The molecule has 0 aromatic heterocycles. The molecule has 3 rings (SSSR count). The summed E-state index contributed by atoms with van der Waals surface area (Å²) in [5.41, 5.74) is 0.438. The van der Waals surface area contributed by atoms with E-state index in [-0.39, 0.29) is 24.8 Å². The van der Waals surface area contributed by atoms with Gasteiger partial charge in [0.1, 0.15) is 0 Å². The molecule has 1 fully saturated rings. The Balaban J connectivity index is 1.55. The maximum absolute atomic E-state index is 12.1. The van der Waals surface area contributed by atoms with Gasteiger partial charge in [0, 0.05) is 18.2 Å². The summed E-state index contributed by atoms with van der Waals surface area (Å²) in [5.74, 6) is 0.0130. The van der Waals surface area contributed by atoms with Crippen molar-refractivity contribution in [2.24, 2.45) is 5.92 Å². The van der Waals surface area contributed by atoms with Crippen LogP contribution in [0.1, 0.15) is 25.7 Å². The predicted octanol–water partition coefficient (Wildman–Crippen LogP) is 2.83.